The van der Waals surface area contributed by atoms with Gasteiger partial charge in [-0.2, -0.15) is 0 Å². The average Bonchev–Trinajstić information content (AvgIpc) is 3.83. The Morgan fingerprint density at radius 3 is 2.67 bits per heavy atom. The second kappa shape index (κ2) is 16.4. The van der Waals surface area contributed by atoms with Crippen molar-refractivity contribution in [1.29, 1.82) is 0 Å². The SMILES string of the molecule is CC#Cc1ccc(-c2ccc(C(=O)C3CCC(C(Cc4cc(O)cc(NCC(C)O)c4)NC(N)=NC)CC34CCC(CCCO)C4)s2)s1. The Labute approximate surface area is 292 Å². The number of guanidine groups is 1. The van der Waals surface area contributed by atoms with E-state index >= 15 is 0 Å². The first-order valence-corrected chi connectivity index (χ1v) is 18.8. The number of hydrogen-bond acceptors (Lipinski definition) is 8. The number of thiophene rings is 2. The summed E-state index contributed by atoms with van der Waals surface area (Å²) in [6.45, 7) is 4.14. The summed E-state index contributed by atoms with van der Waals surface area (Å²) in [6.07, 6.45) is 7.54. The minimum Gasteiger partial charge on any atom is -0.508 e. The minimum absolute atomic E-state index is 0.0443. The van der Waals surface area contributed by atoms with Crippen LogP contribution in [0.25, 0.3) is 9.75 Å². The highest BCUT2D eigenvalue weighted by atomic mass is 32.1. The lowest BCUT2D eigenvalue weighted by atomic mass is 9.58. The van der Waals surface area contributed by atoms with Crippen LogP contribution in [0.1, 0.15) is 85.3 Å². The lowest BCUT2D eigenvalue weighted by molar-refractivity contribution is 0.0386. The maximum Gasteiger partial charge on any atom is 0.188 e. The van der Waals surface area contributed by atoms with Gasteiger partial charge in [0.15, 0.2) is 11.7 Å². The average molecular weight is 691 g/mol. The van der Waals surface area contributed by atoms with Gasteiger partial charge in [-0.25, -0.2) is 0 Å². The summed E-state index contributed by atoms with van der Waals surface area (Å²) < 4.78 is 0. The number of nitrogens with two attached hydrogens (primary N) is 1. The molecule has 1 spiro atoms. The number of anilines is 1. The molecule has 2 aliphatic rings. The molecule has 6 unspecified atom stereocenters. The number of aliphatic hydroxyl groups excluding tert-OH is 2. The van der Waals surface area contributed by atoms with Crippen molar-refractivity contribution in [3.8, 4) is 27.3 Å². The van der Waals surface area contributed by atoms with Gasteiger partial charge >= 0.3 is 0 Å². The van der Waals surface area contributed by atoms with E-state index < -0.39 is 6.10 Å². The molecule has 0 amide bonds. The number of ketones is 1. The molecular formula is C38H50N4O4S2. The van der Waals surface area contributed by atoms with E-state index in [-0.39, 0.29) is 41.4 Å². The van der Waals surface area contributed by atoms with Crippen molar-refractivity contribution >= 4 is 40.1 Å². The first-order valence-electron chi connectivity index (χ1n) is 17.1. The van der Waals surface area contributed by atoms with Gasteiger partial charge in [0.05, 0.1) is 15.9 Å². The fraction of sp³-hybridized carbons (Fsp3) is 0.526. The molecule has 0 radical (unpaired) electrons. The molecular weight excluding hydrogens is 641 g/mol. The second-order valence-corrected chi connectivity index (χ2v) is 15.8. The number of Topliss-reactive ketones (excluding diaryl/α,β-unsaturated/α-hetero) is 1. The van der Waals surface area contributed by atoms with Gasteiger partial charge in [-0.05, 0) is 131 Å². The smallest absolute Gasteiger partial charge is 0.188 e. The highest BCUT2D eigenvalue weighted by Gasteiger charge is 2.52. The molecule has 2 fully saturated rings. The summed E-state index contributed by atoms with van der Waals surface area (Å²) in [5.41, 5.74) is 7.86. The molecule has 0 saturated heterocycles. The number of aliphatic imine (C=N–C) groups is 1. The first-order chi connectivity index (χ1) is 23.1. The lowest BCUT2D eigenvalue weighted by Crippen LogP contribution is -2.50. The molecule has 2 aliphatic carbocycles. The fourth-order valence-electron chi connectivity index (χ4n) is 8.04. The minimum atomic E-state index is -0.516. The third-order valence-electron chi connectivity index (χ3n) is 10.2. The van der Waals surface area contributed by atoms with Crippen molar-refractivity contribution in [2.24, 2.45) is 33.9 Å². The second-order valence-electron chi connectivity index (χ2n) is 13.7. The van der Waals surface area contributed by atoms with E-state index in [4.69, 9.17) is 5.73 Å². The molecule has 10 heteroatoms. The number of aromatic hydroxyl groups is 1. The van der Waals surface area contributed by atoms with Crippen LogP contribution in [-0.4, -0.2) is 59.4 Å². The van der Waals surface area contributed by atoms with Crippen LogP contribution < -0.4 is 16.4 Å². The third-order valence-corrected chi connectivity index (χ3v) is 12.5. The van der Waals surface area contributed by atoms with Gasteiger partial charge in [0.2, 0.25) is 0 Å². The number of benzene rings is 1. The van der Waals surface area contributed by atoms with Crippen molar-refractivity contribution in [3.05, 3.63) is 57.8 Å². The Balaban J connectivity index is 1.41. The zero-order chi connectivity index (χ0) is 34.3. The maximum atomic E-state index is 14.5. The van der Waals surface area contributed by atoms with E-state index in [0.29, 0.717) is 24.8 Å². The summed E-state index contributed by atoms with van der Waals surface area (Å²) in [5.74, 6) is 7.58. The fourth-order valence-corrected chi connectivity index (χ4v) is 10.0. The predicted octanol–water partition coefficient (Wildman–Crippen LogP) is 6.65. The van der Waals surface area contributed by atoms with Gasteiger partial charge in [-0.15, -0.1) is 28.6 Å². The van der Waals surface area contributed by atoms with Gasteiger partial charge < -0.3 is 31.7 Å². The Morgan fingerprint density at radius 1 is 1.12 bits per heavy atom. The van der Waals surface area contributed by atoms with Crippen LogP contribution in [-0.2, 0) is 6.42 Å². The van der Waals surface area contributed by atoms with E-state index in [0.717, 1.165) is 82.1 Å². The van der Waals surface area contributed by atoms with Crippen molar-refractivity contribution in [3.63, 3.8) is 0 Å². The number of carbonyl (C=O) groups excluding carboxylic acids is 1. The quantitative estimate of drug-likeness (QED) is 0.0511. The molecule has 2 saturated carbocycles. The summed E-state index contributed by atoms with van der Waals surface area (Å²) in [7, 11) is 1.68. The van der Waals surface area contributed by atoms with Crippen LogP contribution in [0.4, 0.5) is 5.69 Å². The Morgan fingerprint density at radius 2 is 1.92 bits per heavy atom. The largest absolute Gasteiger partial charge is 0.508 e. The number of phenolic OH excluding ortho intramolecular Hbond substituents is 1. The molecule has 2 heterocycles. The number of phenols is 1. The van der Waals surface area contributed by atoms with Gasteiger partial charge in [0.1, 0.15) is 5.75 Å². The first kappa shape index (κ1) is 35.9. The monoisotopic (exact) mass is 690 g/mol. The molecule has 258 valence electrons. The highest BCUT2D eigenvalue weighted by Crippen LogP contribution is 2.58. The zero-order valence-electron chi connectivity index (χ0n) is 28.3. The van der Waals surface area contributed by atoms with E-state index in [1.165, 1.54) is 0 Å². The Kier molecular flexibility index (Phi) is 12.2. The Hall–Kier alpha value is -3.36. The summed E-state index contributed by atoms with van der Waals surface area (Å²) in [6, 6.07) is 13.7. The molecule has 1 aromatic carbocycles. The van der Waals surface area contributed by atoms with Gasteiger partial charge in [0, 0.05) is 53.7 Å². The number of carbonyl (C=O) groups is 1. The van der Waals surface area contributed by atoms with E-state index in [1.54, 1.807) is 48.8 Å². The van der Waals surface area contributed by atoms with Crippen LogP contribution >= 0.6 is 22.7 Å². The normalized spacial score (nSPS) is 23.8. The number of hydrogen-bond donors (Lipinski definition) is 6. The number of nitrogens with one attached hydrogen (secondary N) is 2. The van der Waals surface area contributed by atoms with Crippen molar-refractivity contribution in [2.75, 3.05) is 25.5 Å². The topological polar surface area (TPSA) is 140 Å². The zero-order valence-corrected chi connectivity index (χ0v) is 29.9. The summed E-state index contributed by atoms with van der Waals surface area (Å²) >= 11 is 3.26. The third kappa shape index (κ3) is 8.80. The number of rotatable bonds is 13. The summed E-state index contributed by atoms with van der Waals surface area (Å²) in [4.78, 5) is 22.8. The van der Waals surface area contributed by atoms with Gasteiger partial charge in [0.25, 0.3) is 0 Å². The lowest BCUT2D eigenvalue weighted by Gasteiger charge is -2.47. The maximum absolute atomic E-state index is 14.5. The standard InChI is InChI=1S/C38H50N4O4S2/c1-4-6-30-9-11-33(47-30)34-12-13-35(48-34)36(46)31-10-8-27(22-38(31)15-14-25(21-38)7-5-16-43)32(42-37(39)40-3)19-26-17-28(20-29(45)18-26)41-23-24(2)44/h9,11-13,17-18,20,24-25,27,31-32,41,43-45H,5,7-8,10,14-16,19,21-23H2,1-3H3,(H3,39,40,42). The molecule has 8 nitrogen and oxygen atoms in total. The number of aliphatic hydroxyl groups is 2. The van der Waals surface area contributed by atoms with Gasteiger partial charge in [-0.1, -0.05) is 5.92 Å². The Bertz CT molecular complexity index is 1640. The molecule has 0 aliphatic heterocycles. The number of nitrogens with zero attached hydrogens (tertiary/aromatic N) is 1. The van der Waals surface area contributed by atoms with Crippen LogP contribution in [0.2, 0.25) is 0 Å². The summed E-state index contributed by atoms with van der Waals surface area (Å²) in [5, 5.41) is 36.6. The highest BCUT2D eigenvalue weighted by molar-refractivity contribution is 7.23. The molecule has 3 aromatic rings. The van der Waals surface area contributed by atoms with E-state index in [2.05, 4.69) is 39.6 Å². The van der Waals surface area contributed by atoms with Crippen LogP contribution in [0.3, 0.4) is 0 Å². The van der Waals surface area contributed by atoms with Gasteiger partial charge in [-0.3, -0.25) is 9.79 Å². The van der Waals surface area contributed by atoms with Crippen LogP contribution in [0, 0.1) is 35.0 Å². The molecule has 6 atom stereocenters. The molecule has 48 heavy (non-hydrogen) atoms. The van der Waals surface area contributed by atoms with Crippen LogP contribution in [0.5, 0.6) is 5.75 Å². The molecule has 2 aromatic heterocycles. The van der Waals surface area contributed by atoms with E-state index in [1.807, 2.05) is 25.1 Å². The van der Waals surface area contributed by atoms with Crippen LogP contribution in [0.15, 0.2) is 47.5 Å². The van der Waals surface area contributed by atoms with Crippen molar-refractivity contribution in [2.45, 2.75) is 83.8 Å². The molecule has 7 N–H and O–H groups in total. The molecule has 5 rings (SSSR count). The molecule has 0 bridgehead atoms. The predicted molar refractivity (Wildman–Crippen MR) is 198 cm³/mol. The van der Waals surface area contributed by atoms with Crippen molar-refractivity contribution in [1.82, 2.24) is 5.32 Å². The van der Waals surface area contributed by atoms with E-state index in [9.17, 15) is 20.1 Å². The van der Waals surface area contributed by atoms with Crippen molar-refractivity contribution < 1.29 is 20.1 Å².